The molecule has 0 unspecified atom stereocenters. The van der Waals surface area contributed by atoms with Gasteiger partial charge in [0.15, 0.2) is 5.43 Å². The zero-order valence-corrected chi connectivity index (χ0v) is 10.8. The van der Waals surface area contributed by atoms with Gasteiger partial charge in [0.2, 0.25) is 5.56 Å². The summed E-state index contributed by atoms with van der Waals surface area (Å²) in [4.78, 5) is 29.3. The minimum atomic E-state index is -0.257. The summed E-state index contributed by atoms with van der Waals surface area (Å²) in [6, 6.07) is 11.9. The van der Waals surface area contributed by atoms with Crippen LogP contribution in [0.25, 0.3) is 33.3 Å². The fourth-order valence-corrected chi connectivity index (χ4v) is 2.49. The van der Waals surface area contributed by atoms with Crippen molar-refractivity contribution < 1.29 is 4.42 Å². The molecule has 0 aliphatic rings. The molecule has 1 aromatic carbocycles. The van der Waals surface area contributed by atoms with Gasteiger partial charge in [-0.25, -0.2) is 0 Å². The average molecular weight is 278 g/mol. The van der Waals surface area contributed by atoms with E-state index in [1.54, 1.807) is 6.26 Å². The van der Waals surface area contributed by atoms with Crippen LogP contribution in [0, 0.1) is 0 Å². The van der Waals surface area contributed by atoms with E-state index in [1.807, 2.05) is 24.3 Å². The average Bonchev–Trinajstić information content (AvgIpc) is 2.90. The highest BCUT2D eigenvalue weighted by Crippen LogP contribution is 2.28. The summed E-state index contributed by atoms with van der Waals surface area (Å²) in [7, 11) is 0. The van der Waals surface area contributed by atoms with Crippen LogP contribution < -0.4 is 11.0 Å². The second-order valence-electron chi connectivity index (χ2n) is 4.80. The molecule has 4 rings (SSSR count). The molecule has 0 saturated heterocycles. The molecule has 2 N–H and O–H groups in total. The van der Waals surface area contributed by atoms with Gasteiger partial charge < -0.3 is 14.4 Å². The molecule has 0 fully saturated rings. The van der Waals surface area contributed by atoms with Crippen molar-refractivity contribution >= 4 is 22.0 Å². The van der Waals surface area contributed by atoms with E-state index in [-0.39, 0.29) is 11.0 Å². The molecule has 5 nitrogen and oxygen atoms in total. The number of fused-ring (bicyclic) bond motifs is 2. The number of rotatable bonds is 1. The Hall–Kier alpha value is -3.08. The number of H-pyrrole nitrogens is 2. The van der Waals surface area contributed by atoms with E-state index >= 15 is 0 Å². The van der Waals surface area contributed by atoms with E-state index in [0.717, 1.165) is 16.5 Å². The first kappa shape index (κ1) is 11.7. The number of furan rings is 1. The van der Waals surface area contributed by atoms with Crippen molar-refractivity contribution in [1.82, 2.24) is 9.97 Å². The molecule has 102 valence electrons. The van der Waals surface area contributed by atoms with Gasteiger partial charge in [-0.15, -0.1) is 0 Å². The Morgan fingerprint density at radius 3 is 2.67 bits per heavy atom. The van der Waals surface area contributed by atoms with Crippen LogP contribution >= 0.6 is 0 Å². The summed E-state index contributed by atoms with van der Waals surface area (Å²) >= 11 is 0. The predicted octanol–water partition coefficient (Wildman–Crippen LogP) is 2.63. The minimum Gasteiger partial charge on any atom is -0.464 e. The normalized spacial score (nSPS) is 11.2. The van der Waals surface area contributed by atoms with Gasteiger partial charge in [0, 0.05) is 23.1 Å². The molecular formula is C16H10N2O3. The largest absolute Gasteiger partial charge is 0.464 e. The summed E-state index contributed by atoms with van der Waals surface area (Å²) in [5.74, 6) is 0. The van der Waals surface area contributed by atoms with Gasteiger partial charge in [-0.3, -0.25) is 9.59 Å². The smallest absolute Gasteiger partial charge is 0.249 e. The van der Waals surface area contributed by atoms with E-state index in [2.05, 4.69) is 9.97 Å². The van der Waals surface area contributed by atoms with Gasteiger partial charge >= 0.3 is 0 Å². The lowest BCUT2D eigenvalue weighted by molar-refractivity contribution is 0.617. The fraction of sp³-hybridized carbons (Fsp3) is 0. The Bertz CT molecular complexity index is 1090. The van der Waals surface area contributed by atoms with E-state index in [4.69, 9.17) is 4.42 Å². The molecule has 0 aliphatic carbocycles. The van der Waals surface area contributed by atoms with Crippen LogP contribution in [0.5, 0.6) is 0 Å². The van der Waals surface area contributed by atoms with Gasteiger partial charge in [-0.1, -0.05) is 18.2 Å². The number of benzene rings is 1. The van der Waals surface area contributed by atoms with Crippen LogP contribution in [-0.4, -0.2) is 9.97 Å². The maximum absolute atomic E-state index is 12.2. The van der Waals surface area contributed by atoms with Crippen LogP contribution in [0.2, 0.25) is 0 Å². The molecule has 0 spiro atoms. The predicted molar refractivity (Wildman–Crippen MR) is 80.4 cm³/mol. The number of hydrogen-bond donors (Lipinski definition) is 2. The Morgan fingerprint density at radius 1 is 0.905 bits per heavy atom. The summed E-state index contributed by atoms with van der Waals surface area (Å²) in [5.41, 5.74) is 2.14. The van der Waals surface area contributed by atoms with Crippen LogP contribution in [0.4, 0.5) is 0 Å². The zero-order valence-electron chi connectivity index (χ0n) is 10.8. The molecule has 3 aromatic heterocycles. The summed E-state index contributed by atoms with van der Waals surface area (Å²) in [6.45, 7) is 0. The standard InChI is InChI=1S/C16H10N2O3/c19-13-7-12(17-16-10(13)5-6-15(20)18-16)11-8-21-14-4-2-1-3-9(11)14/h1-8H,(H2,17,18,19,20). The Morgan fingerprint density at radius 2 is 1.76 bits per heavy atom. The Balaban J connectivity index is 2.07. The third kappa shape index (κ3) is 1.79. The van der Waals surface area contributed by atoms with Crippen molar-refractivity contribution in [3.8, 4) is 11.3 Å². The third-order valence-electron chi connectivity index (χ3n) is 3.49. The number of aromatic nitrogens is 2. The van der Waals surface area contributed by atoms with Crippen LogP contribution in [-0.2, 0) is 0 Å². The maximum Gasteiger partial charge on any atom is 0.249 e. The molecule has 3 heterocycles. The van der Waals surface area contributed by atoms with E-state index in [9.17, 15) is 9.59 Å². The molecule has 4 aromatic rings. The molecule has 0 saturated carbocycles. The number of aromatic amines is 2. The van der Waals surface area contributed by atoms with Crippen molar-refractivity contribution in [1.29, 1.82) is 0 Å². The highest BCUT2D eigenvalue weighted by Gasteiger charge is 2.10. The number of nitrogens with one attached hydrogen (secondary N) is 2. The van der Waals surface area contributed by atoms with Crippen molar-refractivity contribution in [2.24, 2.45) is 0 Å². The molecular weight excluding hydrogens is 268 g/mol. The minimum absolute atomic E-state index is 0.153. The number of para-hydroxylation sites is 1. The Kier molecular flexibility index (Phi) is 2.35. The lowest BCUT2D eigenvalue weighted by Gasteiger charge is -2.02. The lowest BCUT2D eigenvalue weighted by Crippen LogP contribution is -2.10. The molecule has 0 amide bonds. The first-order valence-corrected chi connectivity index (χ1v) is 6.45. The Labute approximate surface area is 117 Å². The highest BCUT2D eigenvalue weighted by atomic mass is 16.3. The van der Waals surface area contributed by atoms with E-state index in [0.29, 0.717) is 16.7 Å². The van der Waals surface area contributed by atoms with Gasteiger partial charge in [0.25, 0.3) is 0 Å². The van der Waals surface area contributed by atoms with Crippen molar-refractivity contribution in [2.45, 2.75) is 0 Å². The summed E-state index contributed by atoms with van der Waals surface area (Å²) in [6.07, 6.45) is 1.60. The maximum atomic E-state index is 12.2. The van der Waals surface area contributed by atoms with E-state index < -0.39 is 0 Å². The highest BCUT2D eigenvalue weighted by molar-refractivity contribution is 5.93. The van der Waals surface area contributed by atoms with Crippen molar-refractivity contribution in [3.63, 3.8) is 0 Å². The van der Waals surface area contributed by atoms with Gasteiger partial charge in [0.05, 0.1) is 11.1 Å². The molecule has 0 radical (unpaired) electrons. The van der Waals surface area contributed by atoms with Crippen LogP contribution in [0.15, 0.2) is 62.7 Å². The number of pyridine rings is 2. The molecule has 0 bridgehead atoms. The molecule has 5 heteroatoms. The van der Waals surface area contributed by atoms with Gasteiger partial charge in [-0.05, 0) is 12.1 Å². The quantitative estimate of drug-likeness (QED) is 0.561. The zero-order chi connectivity index (χ0) is 14.4. The second kappa shape index (κ2) is 4.21. The van der Waals surface area contributed by atoms with E-state index in [1.165, 1.54) is 18.2 Å². The fourth-order valence-electron chi connectivity index (χ4n) is 2.49. The SMILES string of the molecule is O=c1ccc2c(=O)cc(-c3coc4ccccc34)[nH]c2[nH]1. The summed E-state index contributed by atoms with van der Waals surface area (Å²) in [5, 5.41) is 1.36. The van der Waals surface area contributed by atoms with Crippen molar-refractivity contribution in [3.05, 3.63) is 69.3 Å². The molecule has 0 atom stereocenters. The number of hydrogen-bond acceptors (Lipinski definition) is 3. The second-order valence-corrected chi connectivity index (χ2v) is 4.80. The first-order valence-electron chi connectivity index (χ1n) is 6.45. The summed E-state index contributed by atoms with van der Waals surface area (Å²) < 4.78 is 5.49. The van der Waals surface area contributed by atoms with Crippen LogP contribution in [0.3, 0.4) is 0 Å². The van der Waals surface area contributed by atoms with Crippen molar-refractivity contribution in [2.75, 3.05) is 0 Å². The van der Waals surface area contributed by atoms with Gasteiger partial charge in [-0.2, -0.15) is 0 Å². The first-order chi connectivity index (χ1) is 10.2. The molecule has 0 aliphatic heterocycles. The van der Waals surface area contributed by atoms with Crippen LogP contribution in [0.1, 0.15) is 0 Å². The monoisotopic (exact) mass is 278 g/mol. The van der Waals surface area contributed by atoms with Gasteiger partial charge in [0.1, 0.15) is 17.5 Å². The third-order valence-corrected chi connectivity index (χ3v) is 3.49. The molecule has 21 heavy (non-hydrogen) atoms. The topological polar surface area (TPSA) is 78.9 Å². The lowest BCUT2D eigenvalue weighted by atomic mass is 10.1.